The van der Waals surface area contributed by atoms with E-state index < -0.39 is 16.8 Å². The van der Waals surface area contributed by atoms with Gasteiger partial charge >= 0.3 is 5.97 Å². The number of hydrogen-bond donors (Lipinski definition) is 0. The van der Waals surface area contributed by atoms with Crippen molar-refractivity contribution in [2.75, 3.05) is 13.7 Å². The number of rotatable bonds is 3. The van der Waals surface area contributed by atoms with Gasteiger partial charge in [-0.2, -0.15) is 0 Å². The predicted octanol–water partition coefficient (Wildman–Crippen LogP) is 3.22. The van der Waals surface area contributed by atoms with E-state index in [2.05, 4.69) is 4.90 Å². The van der Waals surface area contributed by atoms with E-state index in [9.17, 15) is 19.7 Å². The molecule has 1 aromatic carbocycles. The van der Waals surface area contributed by atoms with Gasteiger partial charge in [0.05, 0.1) is 17.6 Å². The molecule has 1 aromatic rings. The summed E-state index contributed by atoms with van der Waals surface area (Å²) < 4.78 is 5.05. The van der Waals surface area contributed by atoms with Gasteiger partial charge < -0.3 is 9.64 Å². The normalized spacial score (nSPS) is 21.9. The number of methoxy groups -OCH3 is 1. The van der Waals surface area contributed by atoms with E-state index in [0.29, 0.717) is 23.1 Å². The Bertz CT molecular complexity index is 915. The van der Waals surface area contributed by atoms with Gasteiger partial charge in [0.25, 0.3) is 5.69 Å². The van der Waals surface area contributed by atoms with Gasteiger partial charge in [0.2, 0.25) is 0 Å². The van der Waals surface area contributed by atoms with Crippen LogP contribution in [0.1, 0.15) is 43.6 Å². The van der Waals surface area contributed by atoms with Crippen LogP contribution >= 0.6 is 0 Å². The number of nitro benzene ring substituents is 1. The van der Waals surface area contributed by atoms with Crippen molar-refractivity contribution in [3.05, 3.63) is 62.5 Å². The number of non-ortho nitro benzene ring substituents is 1. The summed E-state index contributed by atoms with van der Waals surface area (Å²) in [5, 5.41) is 11.3. The van der Waals surface area contributed by atoms with Crippen LogP contribution < -0.4 is 0 Å². The molecule has 1 saturated heterocycles. The lowest BCUT2D eigenvalue weighted by atomic mass is 9.74. The number of carbonyl (C=O) groups is 2. The van der Waals surface area contributed by atoms with Crippen LogP contribution in [0.4, 0.5) is 5.69 Å². The number of nitrogens with zero attached hydrogens (tertiary/aromatic N) is 2. The number of Topliss-reactive ketones (excluding diaryl/α,β-unsaturated/α-hetero) is 1. The number of allylic oxidation sites excluding steroid dienone is 3. The Morgan fingerprint density at radius 3 is 2.74 bits per heavy atom. The monoisotopic (exact) mass is 368 g/mol. The SMILES string of the molecule is COC(=O)C1=C2CCCN2C2=C(C(=O)CCC2)C1c1cccc([N+](=O)[O-])c1. The van der Waals surface area contributed by atoms with Gasteiger partial charge in [0, 0.05) is 48.0 Å². The summed E-state index contributed by atoms with van der Waals surface area (Å²) in [6.07, 6.45) is 3.65. The molecule has 1 unspecified atom stereocenters. The molecule has 3 aliphatic rings. The summed E-state index contributed by atoms with van der Waals surface area (Å²) in [5.74, 6) is -1.07. The molecule has 0 radical (unpaired) electrons. The van der Waals surface area contributed by atoms with Crippen LogP contribution in [-0.4, -0.2) is 35.2 Å². The van der Waals surface area contributed by atoms with Crippen molar-refractivity contribution in [1.82, 2.24) is 4.90 Å². The van der Waals surface area contributed by atoms with Crippen LogP contribution in [0.15, 0.2) is 46.8 Å². The summed E-state index contributed by atoms with van der Waals surface area (Å²) in [4.78, 5) is 38.5. The maximum Gasteiger partial charge on any atom is 0.336 e. The Morgan fingerprint density at radius 1 is 1.22 bits per heavy atom. The maximum absolute atomic E-state index is 12.9. The zero-order chi connectivity index (χ0) is 19.1. The number of esters is 1. The van der Waals surface area contributed by atoms with Gasteiger partial charge in [-0.3, -0.25) is 14.9 Å². The summed E-state index contributed by atoms with van der Waals surface area (Å²) in [6.45, 7) is 0.781. The molecule has 0 spiro atoms. The number of ketones is 1. The van der Waals surface area contributed by atoms with Gasteiger partial charge in [-0.15, -0.1) is 0 Å². The Morgan fingerprint density at radius 2 is 2.00 bits per heavy atom. The minimum absolute atomic E-state index is 0.0140. The molecule has 0 aromatic heterocycles. The highest BCUT2D eigenvalue weighted by Crippen LogP contribution is 2.49. The molecule has 2 heterocycles. The molecule has 0 amide bonds. The molecule has 0 bridgehead atoms. The first-order chi connectivity index (χ1) is 13.0. The smallest absolute Gasteiger partial charge is 0.336 e. The first kappa shape index (κ1) is 17.5. The van der Waals surface area contributed by atoms with Crippen molar-refractivity contribution in [3.63, 3.8) is 0 Å². The van der Waals surface area contributed by atoms with E-state index >= 15 is 0 Å². The Balaban J connectivity index is 1.96. The molecule has 0 N–H and O–H groups in total. The average molecular weight is 368 g/mol. The summed E-state index contributed by atoms with van der Waals surface area (Å²) in [5.41, 5.74) is 3.46. The Hall–Kier alpha value is -2.96. The molecule has 140 valence electrons. The third kappa shape index (κ3) is 2.74. The molecule has 1 atom stereocenters. The molecule has 1 aliphatic carbocycles. The fourth-order valence-electron chi connectivity index (χ4n) is 4.51. The van der Waals surface area contributed by atoms with Crippen LogP contribution in [0, 0.1) is 10.1 Å². The van der Waals surface area contributed by atoms with Crippen molar-refractivity contribution in [1.29, 1.82) is 0 Å². The van der Waals surface area contributed by atoms with Crippen molar-refractivity contribution < 1.29 is 19.2 Å². The van der Waals surface area contributed by atoms with Crippen molar-refractivity contribution >= 4 is 17.4 Å². The van der Waals surface area contributed by atoms with Gasteiger partial charge in [-0.25, -0.2) is 4.79 Å². The lowest BCUT2D eigenvalue weighted by molar-refractivity contribution is -0.384. The minimum atomic E-state index is -0.607. The molecular formula is C20H20N2O5. The quantitative estimate of drug-likeness (QED) is 0.462. The molecule has 7 nitrogen and oxygen atoms in total. The van der Waals surface area contributed by atoms with E-state index in [0.717, 1.165) is 43.6 Å². The summed E-state index contributed by atoms with van der Waals surface area (Å²) >= 11 is 0. The van der Waals surface area contributed by atoms with Crippen LogP contribution in [-0.2, 0) is 14.3 Å². The van der Waals surface area contributed by atoms with Crippen LogP contribution in [0.3, 0.4) is 0 Å². The third-order valence-corrected chi connectivity index (χ3v) is 5.58. The van der Waals surface area contributed by atoms with Crippen LogP contribution in [0.5, 0.6) is 0 Å². The van der Waals surface area contributed by atoms with E-state index in [-0.39, 0.29) is 11.5 Å². The lowest BCUT2D eigenvalue weighted by Crippen LogP contribution is -2.35. The van der Waals surface area contributed by atoms with E-state index in [4.69, 9.17) is 4.74 Å². The maximum atomic E-state index is 12.9. The van der Waals surface area contributed by atoms with Crippen molar-refractivity contribution in [2.24, 2.45) is 0 Å². The predicted molar refractivity (Wildman–Crippen MR) is 96.7 cm³/mol. The van der Waals surface area contributed by atoms with Gasteiger partial charge in [0.1, 0.15) is 0 Å². The fraction of sp³-hybridized carbons (Fsp3) is 0.400. The second-order valence-electron chi connectivity index (χ2n) is 7.03. The Labute approximate surface area is 156 Å². The van der Waals surface area contributed by atoms with E-state index in [1.807, 2.05) is 0 Å². The van der Waals surface area contributed by atoms with Crippen molar-refractivity contribution in [3.8, 4) is 0 Å². The first-order valence-corrected chi connectivity index (χ1v) is 9.12. The molecule has 4 rings (SSSR count). The highest BCUT2D eigenvalue weighted by Gasteiger charge is 2.44. The van der Waals surface area contributed by atoms with E-state index in [1.165, 1.54) is 19.2 Å². The average Bonchev–Trinajstić information content (AvgIpc) is 3.16. The second-order valence-corrected chi connectivity index (χ2v) is 7.03. The molecule has 1 fully saturated rings. The minimum Gasteiger partial charge on any atom is -0.466 e. The van der Waals surface area contributed by atoms with Crippen LogP contribution in [0.25, 0.3) is 0 Å². The van der Waals surface area contributed by atoms with Gasteiger partial charge in [-0.1, -0.05) is 12.1 Å². The zero-order valence-corrected chi connectivity index (χ0v) is 15.1. The zero-order valence-electron chi connectivity index (χ0n) is 15.1. The van der Waals surface area contributed by atoms with Crippen molar-refractivity contribution in [2.45, 2.75) is 38.0 Å². The number of nitro groups is 1. The standard InChI is InChI=1S/C20H20N2O5/c1-27-20(24)19-15-8-4-10-21(15)14-7-3-9-16(23)18(14)17(19)12-5-2-6-13(11-12)22(25)26/h2,5-6,11,17H,3-4,7-10H2,1H3. The summed E-state index contributed by atoms with van der Waals surface area (Å²) in [7, 11) is 1.33. The fourth-order valence-corrected chi connectivity index (χ4v) is 4.51. The van der Waals surface area contributed by atoms with E-state index in [1.54, 1.807) is 12.1 Å². The largest absolute Gasteiger partial charge is 0.466 e. The second kappa shape index (κ2) is 6.64. The number of carbonyl (C=O) groups excluding carboxylic acids is 2. The topological polar surface area (TPSA) is 89.8 Å². The molecule has 0 saturated carbocycles. The highest BCUT2D eigenvalue weighted by molar-refractivity contribution is 6.03. The van der Waals surface area contributed by atoms with Crippen LogP contribution in [0.2, 0.25) is 0 Å². The van der Waals surface area contributed by atoms with Gasteiger partial charge in [-0.05, 0) is 31.2 Å². The highest BCUT2D eigenvalue weighted by atomic mass is 16.6. The first-order valence-electron chi connectivity index (χ1n) is 9.12. The number of hydrogen-bond acceptors (Lipinski definition) is 6. The Kier molecular flexibility index (Phi) is 4.30. The molecular weight excluding hydrogens is 348 g/mol. The van der Waals surface area contributed by atoms with Gasteiger partial charge in [0.15, 0.2) is 5.78 Å². The molecule has 7 heteroatoms. The third-order valence-electron chi connectivity index (χ3n) is 5.58. The molecule has 27 heavy (non-hydrogen) atoms. The molecule has 2 aliphatic heterocycles. The number of fused-ring (bicyclic) bond motifs is 2. The summed E-state index contributed by atoms with van der Waals surface area (Å²) in [6, 6.07) is 6.22. The number of ether oxygens (including phenoxy) is 1. The number of benzene rings is 1. The lowest BCUT2D eigenvalue weighted by Gasteiger charge is -2.39.